The number of rotatable bonds is 4. The van der Waals surface area contributed by atoms with E-state index < -0.39 is 27.4 Å². The van der Waals surface area contributed by atoms with Crippen molar-refractivity contribution >= 4 is 37.6 Å². The highest BCUT2D eigenvalue weighted by Crippen LogP contribution is 2.34. The van der Waals surface area contributed by atoms with E-state index in [2.05, 4.69) is 9.46 Å². The predicted molar refractivity (Wildman–Crippen MR) is 115 cm³/mol. The Morgan fingerprint density at radius 1 is 1.16 bits per heavy atom. The van der Waals surface area contributed by atoms with Gasteiger partial charge in [0.2, 0.25) is 0 Å². The molecule has 0 radical (unpaired) electrons. The number of carbonyl (C=O) groups is 1. The van der Waals surface area contributed by atoms with Gasteiger partial charge in [0.05, 0.1) is 33.2 Å². The topological polar surface area (TPSA) is 89.5 Å². The van der Waals surface area contributed by atoms with Crippen molar-refractivity contribution < 1.29 is 27.3 Å². The summed E-state index contributed by atoms with van der Waals surface area (Å²) >= 11 is 0. The number of hydrogen-bond acceptors (Lipinski definition) is 4. The van der Waals surface area contributed by atoms with Crippen LogP contribution in [0, 0.1) is 0 Å². The van der Waals surface area contributed by atoms with Crippen molar-refractivity contribution in [1.82, 2.24) is 14.3 Å². The number of aliphatic hydroxyl groups excluding tert-OH is 1. The second-order valence-electron chi connectivity index (χ2n) is 7.44. The quantitative estimate of drug-likeness (QED) is 0.498. The molecule has 2 aromatic carbocycles. The third kappa shape index (κ3) is 4.00. The predicted octanol–water partition coefficient (Wildman–Crippen LogP) is 3.77. The average Bonchev–Trinajstić information content (AvgIpc) is 3.21. The summed E-state index contributed by atoms with van der Waals surface area (Å²) in [6.45, 7) is -0.350. The maximum absolute atomic E-state index is 13.0. The molecule has 1 N–H and O–H groups in total. The van der Waals surface area contributed by atoms with Crippen LogP contribution in [0.1, 0.15) is 15.9 Å². The summed E-state index contributed by atoms with van der Waals surface area (Å²) in [5, 5.41) is 14.8. The van der Waals surface area contributed by atoms with E-state index in [1.165, 1.54) is 24.5 Å². The lowest BCUT2D eigenvalue weighted by atomic mass is 10.1. The number of benzene rings is 2. The molecule has 32 heavy (non-hydrogen) atoms. The molecule has 0 aliphatic carbocycles. The van der Waals surface area contributed by atoms with E-state index in [0.29, 0.717) is 27.6 Å². The maximum Gasteiger partial charge on any atom is 0.416 e. The van der Waals surface area contributed by atoms with E-state index >= 15 is 0 Å². The van der Waals surface area contributed by atoms with Crippen LogP contribution in [0.5, 0.6) is 0 Å². The van der Waals surface area contributed by atoms with Gasteiger partial charge in [0.25, 0.3) is 5.91 Å². The van der Waals surface area contributed by atoms with E-state index in [1.807, 2.05) is 0 Å². The molecule has 0 saturated carbocycles. The molecule has 2 heterocycles. The molecule has 0 aliphatic rings. The van der Waals surface area contributed by atoms with Crippen molar-refractivity contribution in [3.05, 3.63) is 59.8 Å². The fourth-order valence-corrected chi connectivity index (χ4v) is 4.42. The van der Waals surface area contributed by atoms with Gasteiger partial charge in [0.1, 0.15) is 0 Å². The Labute approximate surface area is 181 Å². The van der Waals surface area contributed by atoms with Crippen molar-refractivity contribution in [1.29, 1.82) is 0 Å². The van der Waals surface area contributed by atoms with E-state index in [9.17, 15) is 22.2 Å². The van der Waals surface area contributed by atoms with Gasteiger partial charge in [-0.15, -0.1) is 0 Å². The van der Waals surface area contributed by atoms with Gasteiger partial charge < -0.3 is 5.11 Å². The third-order valence-electron chi connectivity index (χ3n) is 4.99. The number of aliphatic hydroxyl groups is 1. The Balaban J connectivity index is 1.88. The Bertz CT molecular complexity index is 1460. The lowest BCUT2D eigenvalue weighted by Crippen LogP contribution is -2.10. The number of aromatic nitrogens is 3. The van der Waals surface area contributed by atoms with Crippen LogP contribution in [0.3, 0.4) is 0 Å². The zero-order chi connectivity index (χ0) is 23.3. The van der Waals surface area contributed by atoms with Crippen molar-refractivity contribution in [3.8, 4) is 5.69 Å². The second-order valence-corrected chi connectivity index (χ2v) is 9.95. The fourth-order valence-electron chi connectivity index (χ4n) is 3.53. The van der Waals surface area contributed by atoms with Crippen LogP contribution >= 0.6 is 0 Å². The van der Waals surface area contributed by atoms with Crippen LogP contribution in [-0.2, 0) is 23.0 Å². The molecular weight excluding hydrogens is 445 g/mol. The molecule has 4 rings (SSSR count). The summed E-state index contributed by atoms with van der Waals surface area (Å²) in [6.07, 6.45) is -1.39. The van der Waals surface area contributed by atoms with Gasteiger partial charge in [0.15, 0.2) is 5.65 Å². The normalized spacial score (nSPS) is 14.1. The number of amides is 1. The highest BCUT2D eigenvalue weighted by molar-refractivity contribution is 7.93. The van der Waals surface area contributed by atoms with Crippen LogP contribution in [0.4, 0.5) is 13.2 Å². The molecule has 168 valence electrons. The van der Waals surface area contributed by atoms with E-state index in [4.69, 9.17) is 5.11 Å². The number of hydrogen-bond donors (Lipinski definition) is 1. The molecule has 2 aromatic heterocycles. The lowest BCUT2D eigenvalue weighted by Gasteiger charge is -2.10. The van der Waals surface area contributed by atoms with Crippen LogP contribution < -0.4 is 0 Å². The highest BCUT2D eigenvalue weighted by Gasteiger charge is 2.30. The molecule has 0 unspecified atom stereocenters. The summed E-state index contributed by atoms with van der Waals surface area (Å²) in [6, 6.07) is 9.51. The summed E-state index contributed by atoms with van der Waals surface area (Å²) in [4.78, 5) is 12.6. The largest absolute Gasteiger partial charge is 0.416 e. The standard InChI is InChI=1S/C21H19F3N4O3S/c1-27-12-17-16-11-13(20(30)26-32(2,31)10-9-29)3-8-18(16)28(19(17)25-27)15-6-4-14(5-7-15)21(22,23)24/h3-8,11-12,29H,9-10H2,1-2H3/t32-/m1/s1. The van der Waals surface area contributed by atoms with Gasteiger partial charge in [-0.05, 0) is 42.5 Å². The summed E-state index contributed by atoms with van der Waals surface area (Å²) in [5.41, 5.74) is 1.10. The first-order valence-electron chi connectivity index (χ1n) is 9.50. The first-order chi connectivity index (χ1) is 15.0. The Morgan fingerprint density at radius 3 is 2.47 bits per heavy atom. The van der Waals surface area contributed by atoms with Gasteiger partial charge in [-0.3, -0.25) is 14.0 Å². The number of nitrogens with zero attached hydrogens (tertiary/aromatic N) is 4. The van der Waals surface area contributed by atoms with E-state index in [-0.39, 0.29) is 17.9 Å². The molecule has 1 amide bonds. The van der Waals surface area contributed by atoms with Crippen molar-refractivity contribution in [2.45, 2.75) is 6.18 Å². The molecule has 0 aliphatic heterocycles. The molecule has 0 saturated heterocycles. The summed E-state index contributed by atoms with van der Waals surface area (Å²) in [5.74, 6) is -0.787. The minimum atomic E-state index is -4.44. The molecule has 4 aromatic rings. The summed E-state index contributed by atoms with van der Waals surface area (Å²) in [7, 11) is -1.15. The molecule has 7 nitrogen and oxygen atoms in total. The molecule has 0 fully saturated rings. The lowest BCUT2D eigenvalue weighted by molar-refractivity contribution is -0.137. The van der Waals surface area contributed by atoms with Crippen LogP contribution in [0.25, 0.3) is 27.6 Å². The Kier molecular flexibility index (Phi) is 5.33. The smallest absolute Gasteiger partial charge is 0.395 e. The van der Waals surface area contributed by atoms with Crippen molar-refractivity contribution in [2.24, 2.45) is 11.4 Å². The van der Waals surface area contributed by atoms with Gasteiger partial charge in [-0.1, -0.05) is 0 Å². The van der Waals surface area contributed by atoms with Crippen LogP contribution in [0.2, 0.25) is 0 Å². The van der Waals surface area contributed by atoms with E-state index in [0.717, 1.165) is 12.1 Å². The van der Waals surface area contributed by atoms with Gasteiger partial charge >= 0.3 is 6.18 Å². The third-order valence-corrected chi connectivity index (χ3v) is 6.49. The number of halogens is 3. The molecule has 1 atom stereocenters. The van der Waals surface area contributed by atoms with Crippen LogP contribution in [0.15, 0.2) is 53.0 Å². The highest BCUT2D eigenvalue weighted by atomic mass is 32.2. The Hall–Kier alpha value is -3.18. The zero-order valence-corrected chi connectivity index (χ0v) is 17.9. The van der Waals surface area contributed by atoms with E-state index in [1.54, 1.807) is 34.6 Å². The monoisotopic (exact) mass is 464 g/mol. The number of carbonyl (C=O) groups excluding carboxylic acids is 1. The van der Waals surface area contributed by atoms with Crippen LogP contribution in [-0.4, -0.2) is 48.2 Å². The first-order valence-corrected chi connectivity index (χ1v) is 11.6. The SMILES string of the molecule is Cn1cc2c3cc(C(=O)N=[S@](C)(=O)CCO)ccc3n(-c3ccc(C(F)(F)F)cc3)c2n1. The first kappa shape index (κ1) is 22.0. The van der Waals surface area contributed by atoms with Crippen molar-refractivity contribution in [3.63, 3.8) is 0 Å². The molecule has 0 spiro atoms. The average molecular weight is 464 g/mol. The zero-order valence-electron chi connectivity index (χ0n) is 17.1. The van der Waals surface area contributed by atoms with Gasteiger partial charge in [0, 0.05) is 41.5 Å². The number of fused-ring (bicyclic) bond motifs is 3. The maximum atomic E-state index is 13.0. The number of aryl methyl sites for hydroxylation is 1. The van der Waals surface area contributed by atoms with Gasteiger partial charge in [-0.2, -0.15) is 22.6 Å². The molecule has 11 heteroatoms. The number of alkyl halides is 3. The fraction of sp³-hybridized carbons (Fsp3) is 0.238. The second kappa shape index (κ2) is 7.75. The molecule has 0 bridgehead atoms. The van der Waals surface area contributed by atoms with Gasteiger partial charge in [-0.25, -0.2) is 4.21 Å². The minimum Gasteiger partial charge on any atom is -0.395 e. The summed E-state index contributed by atoms with van der Waals surface area (Å²) < 4.78 is 58.2. The Morgan fingerprint density at radius 2 is 1.84 bits per heavy atom. The minimum absolute atomic E-state index is 0.113. The molecular formula is C21H19F3N4O3S. The van der Waals surface area contributed by atoms with Crippen molar-refractivity contribution in [2.75, 3.05) is 18.6 Å².